The van der Waals surface area contributed by atoms with Crippen molar-refractivity contribution in [3.05, 3.63) is 23.8 Å². The molecule has 2 heterocycles. The summed E-state index contributed by atoms with van der Waals surface area (Å²) in [5.74, 6) is 0.978. The van der Waals surface area contributed by atoms with Crippen molar-refractivity contribution in [1.82, 2.24) is 4.90 Å². The van der Waals surface area contributed by atoms with Crippen LogP contribution in [-0.4, -0.2) is 49.4 Å². The Kier molecular flexibility index (Phi) is 4.36. The average molecular weight is 290 g/mol. The molecule has 4 heteroatoms. The maximum Gasteiger partial charge on any atom is 0.142 e. The predicted molar refractivity (Wildman–Crippen MR) is 85.2 cm³/mol. The Balaban J connectivity index is 1.65. The van der Waals surface area contributed by atoms with Crippen LogP contribution in [0.2, 0.25) is 0 Å². The number of fused-ring (bicyclic) bond motifs is 1. The lowest BCUT2D eigenvalue weighted by Crippen LogP contribution is -2.49. The van der Waals surface area contributed by atoms with E-state index in [0.29, 0.717) is 18.2 Å². The lowest BCUT2D eigenvalue weighted by atomic mass is 10.0. The van der Waals surface area contributed by atoms with E-state index in [9.17, 15) is 0 Å². The third kappa shape index (κ3) is 3.50. The van der Waals surface area contributed by atoms with Crippen molar-refractivity contribution in [2.24, 2.45) is 0 Å². The Hall–Kier alpha value is -1.26. The topological polar surface area (TPSA) is 33.7 Å². The first-order valence-electron chi connectivity index (χ1n) is 8.01. The van der Waals surface area contributed by atoms with Crippen LogP contribution < -0.4 is 10.1 Å². The van der Waals surface area contributed by atoms with E-state index in [1.807, 2.05) is 0 Å². The molecule has 1 aromatic carbocycles. The first kappa shape index (κ1) is 14.7. The molecular weight excluding hydrogens is 264 g/mol. The number of ether oxygens (including phenoxy) is 2. The fourth-order valence-electron chi connectivity index (χ4n) is 3.36. The quantitative estimate of drug-likeness (QED) is 0.927. The van der Waals surface area contributed by atoms with Crippen molar-refractivity contribution < 1.29 is 9.47 Å². The normalized spacial score (nSPS) is 27.4. The molecule has 4 nitrogen and oxygen atoms in total. The Bertz CT molecular complexity index is 482. The van der Waals surface area contributed by atoms with Crippen LogP contribution in [0.25, 0.3) is 0 Å². The van der Waals surface area contributed by atoms with Gasteiger partial charge in [-0.2, -0.15) is 0 Å². The minimum atomic E-state index is 0.329. The third-order valence-corrected chi connectivity index (χ3v) is 4.32. The molecule has 0 aromatic heterocycles. The van der Waals surface area contributed by atoms with E-state index in [4.69, 9.17) is 9.47 Å². The van der Waals surface area contributed by atoms with Crippen molar-refractivity contribution in [1.29, 1.82) is 0 Å². The fraction of sp³-hybridized carbons (Fsp3) is 0.647. The predicted octanol–water partition coefficient (Wildman–Crippen LogP) is 2.53. The third-order valence-electron chi connectivity index (χ3n) is 4.32. The van der Waals surface area contributed by atoms with Gasteiger partial charge < -0.3 is 14.8 Å². The van der Waals surface area contributed by atoms with Crippen molar-refractivity contribution in [3.8, 4) is 5.75 Å². The van der Waals surface area contributed by atoms with Crippen LogP contribution in [0.4, 0.5) is 5.69 Å². The molecule has 1 N–H and O–H groups in total. The molecule has 0 radical (unpaired) electrons. The molecule has 3 atom stereocenters. The van der Waals surface area contributed by atoms with Gasteiger partial charge in [-0.1, -0.05) is 6.07 Å². The van der Waals surface area contributed by atoms with E-state index in [0.717, 1.165) is 44.1 Å². The second-order valence-corrected chi connectivity index (χ2v) is 6.37. The van der Waals surface area contributed by atoms with Gasteiger partial charge in [0, 0.05) is 25.7 Å². The zero-order valence-corrected chi connectivity index (χ0v) is 13.3. The highest BCUT2D eigenvalue weighted by Gasteiger charge is 2.25. The molecule has 1 saturated heterocycles. The first-order valence-corrected chi connectivity index (χ1v) is 8.01. The SMILES string of the molecule is CC1CN(C(C)Cc2ccc3c(c2)NCCO3)CC(C)O1. The summed E-state index contributed by atoms with van der Waals surface area (Å²) < 4.78 is 11.5. The number of hydrogen-bond acceptors (Lipinski definition) is 4. The summed E-state index contributed by atoms with van der Waals surface area (Å²) in [6.07, 6.45) is 1.72. The Morgan fingerprint density at radius 1 is 1.29 bits per heavy atom. The molecule has 1 aromatic rings. The van der Waals surface area contributed by atoms with Crippen LogP contribution in [0.3, 0.4) is 0 Å². The summed E-state index contributed by atoms with van der Waals surface area (Å²) in [7, 11) is 0. The first-order chi connectivity index (χ1) is 10.1. The number of anilines is 1. The van der Waals surface area contributed by atoms with Gasteiger partial charge >= 0.3 is 0 Å². The summed E-state index contributed by atoms with van der Waals surface area (Å²) >= 11 is 0. The molecule has 3 unspecified atom stereocenters. The molecule has 0 spiro atoms. The maximum atomic E-state index is 5.82. The summed E-state index contributed by atoms with van der Waals surface area (Å²) in [6.45, 7) is 10.3. The Labute approximate surface area is 127 Å². The minimum absolute atomic E-state index is 0.329. The lowest BCUT2D eigenvalue weighted by molar-refractivity contribution is -0.0782. The minimum Gasteiger partial charge on any atom is -0.490 e. The molecule has 3 rings (SSSR count). The van der Waals surface area contributed by atoms with Crippen molar-refractivity contribution in [2.45, 2.75) is 45.4 Å². The molecule has 116 valence electrons. The number of hydrogen-bond donors (Lipinski definition) is 1. The molecule has 0 saturated carbocycles. The van der Waals surface area contributed by atoms with Crippen LogP contribution in [-0.2, 0) is 11.2 Å². The number of benzene rings is 1. The van der Waals surface area contributed by atoms with Crippen LogP contribution in [0.5, 0.6) is 5.75 Å². The largest absolute Gasteiger partial charge is 0.490 e. The molecule has 0 amide bonds. The van der Waals surface area contributed by atoms with Gasteiger partial charge in [0.15, 0.2) is 0 Å². The highest BCUT2D eigenvalue weighted by molar-refractivity contribution is 5.59. The Morgan fingerprint density at radius 2 is 2.05 bits per heavy atom. The lowest BCUT2D eigenvalue weighted by Gasteiger charge is -2.39. The van der Waals surface area contributed by atoms with Crippen molar-refractivity contribution in [2.75, 3.05) is 31.6 Å². The summed E-state index contributed by atoms with van der Waals surface area (Å²) in [5.41, 5.74) is 2.50. The van der Waals surface area contributed by atoms with Gasteiger partial charge in [-0.3, -0.25) is 4.90 Å². The highest BCUT2D eigenvalue weighted by atomic mass is 16.5. The van der Waals surface area contributed by atoms with Crippen LogP contribution in [0.15, 0.2) is 18.2 Å². The second-order valence-electron chi connectivity index (χ2n) is 6.37. The van der Waals surface area contributed by atoms with Gasteiger partial charge in [0.05, 0.1) is 17.9 Å². The van der Waals surface area contributed by atoms with Gasteiger partial charge in [-0.05, 0) is 44.9 Å². The fourth-order valence-corrected chi connectivity index (χ4v) is 3.36. The van der Waals surface area contributed by atoms with Crippen LogP contribution in [0, 0.1) is 0 Å². The Morgan fingerprint density at radius 3 is 2.81 bits per heavy atom. The van der Waals surface area contributed by atoms with E-state index in [1.165, 1.54) is 5.56 Å². The van der Waals surface area contributed by atoms with Crippen LogP contribution >= 0.6 is 0 Å². The molecule has 21 heavy (non-hydrogen) atoms. The highest BCUT2D eigenvalue weighted by Crippen LogP contribution is 2.29. The zero-order valence-electron chi connectivity index (χ0n) is 13.3. The molecule has 2 aliphatic heterocycles. The standard InChI is InChI=1S/C17H26N2O2/c1-12(19-10-13(2)21-14(3)11-19)8-15-4-5-17-16(9-15)18-6-7-20-17/h4-5,9,12-14,18H,6-8,10-11H2,1-3H3. The van der Waals surface area contributed by atoms with E-state index >= 15 is 0 Å². The molecule has 0 bridgehead atoms. The van der Waals surface area contributed by atoms with E-state index in [2.05, 4.69) is 49.2 Å². The monoisotopic (exact) mass is 290 g/mol. The van der Waals surface area contributed by atoms with Gasteiger partial charge in [-0.25, -0.2) is 0 Å². The number of rotatable bonds is 3. The van der Waals surface area contributed by atoms with Gasteiger partial charge in [0.25, 0.3) is 0 Å². The molecule has 1 fully saturated rings. The van der Waals surface area contributed by atoms with E-state index in [1.54, 1.807) is 0 Å². The number of nitrogens with one attached hydrogen (secondary N) is 1. The summed E-state index contributed by atoms with van der Waals surface area (Å²) in [4.78, 5) is 2.54. The van der Waals surface area contributed by atoms with Crippen molar-refractivity contribution >= 4 is 5.69 Å². The van der Waals surface area contributed by atoms with E-state index in [-0.39, 0.29) is 0 Å². The van der Waals surface area contributed by atoms with E-state index < -0.39 is 0 Å². The average Bonchev–Trinajstić information content (AvgIpc) is 2.46. The van der Waals surface area contributed by atoms with Crippen molar-refractivity contribution in [3.63, 3.8) is 0 Å². The molecule has 2 aliphatic rings. The maximum absolute atomic E-state index is 5.82. The summed E-state index contributed by atoms with van der Waals surface area (Å²) in [5, 5.41) is 3.41. The summed E-state index contributed by atoms with van der Waals surface area (Å²) in [6, 6.07) is 7.04. The van der Waals surface area contributed by atoms with Crippen LogP contribution in [0.1, 0.15) is 26.3 Å². The number of morpholine rings is 1. The second kappa shape index (κ2) is 6.24. The van der Waals surface area contributed by atoms with Gasteiger partial charge in [0.2, 0.25) is 0 Å². The smallest absolute Gasteiger partial charge is 0.142 e. The number of nitrogens with zero attached hydrogens (tertiary/aromatic N) is 1. The molecule has 0 aliphatic carbocycles. The zero-order chi connectivity index (χ0) is 14.8. The molecular formula is C17H26N2O2. The van der Waals surface area contributed by atoms with Gasteiger partial charge in [-0.15, -0.1) is 0 Å². The van der Waals surface area contributed by atoms with Gasteiger partial charge in [0.1, 0.15) is 12.4 Å².